The van der Waals surface area contributed by atoms with Crippen LogP contribution < -0.4 is 0 Å². The van der Waals surface area contributed by atoms with Gasteiger partial charge in [0.05, 0.1) is 6.61 Å². The van der Waals surface area contributed by atoms with Crippen molar-refractivity contribution >= 4 is 11.6 Å². The zero-order valence-corrected chi connectivity index (χ0v) is 9.56. The quantitative estimate of drug-likeness (QED) is 0.859. The summed E-state index contributed by atoms with van der Waals surface area (Å²) in [5.74, 6) is 0.0264. The first kappa shape index (κ1) is 11.2. The molecule has 82 valence electrons. The summed E-state index contributed by atoms with van der Waals surface area (Å²) in [6.07, 6.45) is 0. The third-order valence-electron chi connectivity index (χ3n) is 2.66. The van der Waals surface area contributed by atoms with E-state index in [9.17, 15) is 5.11 Å². The van der Waals surface area contributed by atoms with Crippen LogP contribution in [0.3, 0.4) is 0 Å². The van der Waals surface area contributed by atoms with Gasteiger partial charge in [-0.05, 0) is 23.3 Å². The zero-order chi connectivity index (χ0) is 11.4. The maximum atomic E-state index is 9.47. The molecule has 0 fully saturated rings. The van der Waals surface area contributed by atoms with Crippen LogP contribution in [0.5, 0.6) is 0 Å². The van der Waals surface area contributed by atoms with Crippen molar-refractivity contribution in [3.8, 4) is 0 Å². The summed E-state index contributed by atoms with van der Waals surface area (Å²) in [6.45, 7) is 0.103. The standard InChI is InChI=1S/C14H13ClO/c15-13-8-6-12(7-9-13)14(10-16)11-4-2-1-3-5-11/h1-9,14,16H,10H2. The monoisotopic (exact) mass is 232 g/mol. The summed E-state index contributed by atoms with van der Waals surface area (Å²) in [5, 5.41) is 10.2. The maximum Gasteiger partial charge on any atom is 0.0540 e. The lowest BCUT2D eigenvalue weighted by Crippen LogP contribution is -2.05. The Morgan fingerprint density at radius 1 is 0.875 bits per heavy atom. The Balaban J connectivity index is 2.33. The van der Waals surface area contributed by atoms with Gasteiger partial charge in [-0.15, -0.1) is 0 Å². The molecule has 0 radical (unpaired) electrons. The van der Waals surface area contributed by atoms with E-state index >= 15 is 0 Å². The van der Waals surface area contributed by atoms with E-state index < -0.39 is 0 Å². The van der Waals surface area contributed by atoms with Gasteiger partial charge in [0, 0.05) is 10.9 Å². The van der Waals surface area contributed by atoms with Crippen molar-refractivity contribution in [3.05, 3.63) is 70.7 Å². The predicted octanol–water partition coefficient (Wildman–Crippen LogP) is 3.46. The fourth-order valence-corrected chi connectivity index (χ4v) is 1.91. The number of aliphatic hydroxyl groups excluding tert-OH is 1. The Hall–Kier alpha value is -1.31. The maximum absolute atomic E-state index is 9.47. The predicted molar refractivity (Wildman–Crippen MR) is 66.8 cm³/mol. The van der Waals surface area contributed by atoms with Crippen LogP contribution in [-0.2, 0) is 0 Å². The molecule has 1 unspecified atom stereocenters. The molecular weight excluding hydrogens is 220 g/mol. The summed E-state index contributed by atoms with van der Waals surface area (Å²) in [5.41, 5.74) is 2.20. The van der Waals surface area contributed by atoms with Crippen LogP contribution in [0.15, 0.2) is 54.6 Å². The molecular formula is C14H13ClO. The molecule has 2 rings (SSSR count). The smallest absolute Gasteiger partial charge is 0.0540 e. The molecule has 0 heterocycles. The van der Waals surface area contributed by atoms with Gasteiger partial charge >= 0.3 is 0 Å². The summed E-state index contributed by atoms with van der Waals surface area (Å²) in [4.78, 5) is 0. The third-order valence-corrected chi connectivity index (χ3v) is 2.91. The second-order valence-corrected chi connectivity index (χ2v) is 4.13. The molecule has 0 saturated carbocycles. The highest BCUT2D eigenvalue weighted by molar-refractivity contribution is 6.30. The van der Waals surface area contributed by atoms with Crippen molar-refractivity contribution in [1.82, 2.24) is 0 Å². The van der Waals surface area contributed by atoms with Gasteiger partial charge in [-0.2, -0.15) is 0 Å². The first-order chi connectivity index (χ1) is 7.81. The molecule has 2 aromatic rings. The van der Waals surface area contributed by atoms with E-state index in [1.54, 1.807) is 0 Å². The molecule has 0 bridgehead atoms. The van der Waals surface area contributed by atoms with Crippen LogP contribution in [0.4, 0.5) is 0 Å². The lowest BCUT2D eigenvalue weighted by Gasteiger charge is -2.15. The third kappa shape index (κ3) is 2.43. The van der Waals surface area contributed by atoms with Gasteiger partial charge in [-0.1, -0.05) is 54.1 Å². The molecule has 0 aliphatic heterocycles. The minimum absolute atomic E-state index is 0.0264. The first-order valence-corrected chi connectivity index (χ1v) is 5.60. The highest BCUT2D eigenvalue weighted by atomic mass is 35.5. The lowest BCUT2D eigenvalue weighted by molar-refractivity contribution is 0.280. The second-order valence-electron chi connectivity index (χ2n) is 3.70. The minimum atomic E-state index is 0.0264. The van der Waals surface area contributed by atoms with E-state index in [0.29, 0.717) is 5.02 Å². The van der Waals surface area contributed by atoms with E-state index in [0.717, 1.165) is 11.1 Å². The van der Waals surface area contributed by atoms with E-state index in [-0.39, 0.29) is 12.5 Å². The Labute approximate surface area is 100 Å². The minimum Gasteiger partial charge on any atom is -0.395 e. The molecule has 0 spiro atoms. The molecule has 16 heavy (non-hydrogen) atoms. The van der Waals surface area contributed by atoms with Crippen LogP contribution >= 0.6 is 11.6 Å². The number of hydrogen-bond acceptors (Lipinski definition) is 1. The fourth-order valence-electron chi connectivity index (χ4n) is 1.78. The lowest BCUT2D eigenvalue weighted by atomic mass is 9.92. The summed E-state index contributed by atoms with van der Waals surface area (Å²) < 4.78 is 0. The molecule has 2 aromatic carbocycles. The largest absolute Gasteiger partial charge is 0.395 e. The molecule has 0 saturated heterocycles. The van der Waals surface area contributed by atoms with Crippen LogP contribution in [0.25, 0.3) is 0 Å². The van der Waals surface area contributed by atoms with Crippen LogP contribution in [-0.4, -0.2) is 11.7 Å². The van der Waals surface area contributed by atoms with Gasteiger partial charge in [-0.3, -0.25) is 0 Å². The number of halogens is 1. The molecule has 1 atom stereocenters. The molecule has 1 nitrogen and oxygen atoms in total. The number of aliphatic hydroxyl groups is 1. The van der Waals surface area contributed by atoms with Gasteiger partial charge in [-0.25, -0.2) is 0 Å². The Bertz CT molecular complexity index is 436. The fraction of sp³-hybridized carbons (Fsp3) is 0.143. The second kappa shape index (κ2) is 5.15. The normalized spacial score (nSPS) is 12.4. The van der Waals surface area contributed by atoms with Crippen LogP contribution in [0.2, 0.25) is 5.02 Å². The SMILES string of the molecule is OCC(c1ccccc1)c1ccc(Cl)cc1. The van der Waals surface area contributed by atoms with Crippen molar-refractivity contribution < 1.29 is 5.11 Å². The first-order valence-electron chi connectivity index (χ1n) is 5.22. The van der Waals surface area contributed by atoms with E-state index in [4.69, 9.17) is 11.6 Å². The molecule has 0 aliphatic rings. The highest BCUT2D eigenvalue weighted by Gasteiger charge is 2.12. The van der Waals surface area contributed by atoms with Gasteiger partial charge in [0.25, 0.3) is 0 Å². The molecule has 0 amide bonds. The molecule has 2 heteroatoms. The van der Waals surface area contributed by atoms with E-state index in [1.165, 1.54) is 0 Å². The van der Waals surface area contributed by atoms with Gasteiger partial charge in [0.15, 0.2) is 0 Å². The summed E-state index contributed by atoms with van der Waals surface area (Å²) >= 11 is 5.84. The van der Waals surface area contributed by atoms with E-state index in [2.05, 4.69) is 0 Å². The van der Waals surface area contributed by atoms with E-state index in [1.807, 2.05) is 54.6 Å². The van der Waals surface area contributed by atoms with Crippen molar-refractivity contribution in [1.29, 1.82) is 0 Å². The zero-order valence-electron chi connectivity index (χ0n) is 8.81. The molecule has 1 N–H and O–H groups in total. The molecule has 0 aromatic heterocycles. The topological polar surface area (TPSA) is 20.2 Å². The Kier molecular flexibility index (Phi) is 3.60. The van der Waals surface area contributed by atoms with Gasteiger partial charge in [0.2, 0.25) is 0 Å². The van der Waals surface area contributed by atoms with Gasteiger partial charge in [0.1, 0.15) is 0 Å². The average molecular weight is 233 g/mol. The molecule has 0 aliphatic carbocycles. The number of rotatable bonds is 3. The van der Waals surface area contributed by atoms with Crippen molar-refractivity contribution in [2.24, 2.45) is 0 Å². The van der Waals surface area contributed by atoms with Crippen LogP contribution in [0.1, 0.15) is 17.0 Å². The van der Waals surface area contributed by atoms with Crippen molar-refractivity contribution in [2.75, 3.05) is 6.61 Å². The Morgan fingerprint density at radius 2 is 1.44 bits per heavy atom. The number of hydrogen-bond donors (Lipinski definition) is 1. The summed E-state index contributed by atoms with van der Waals surface area (Å²) in [6, 6.07) is 17.6. The van der Waals surface area contributed by atoms with Crippen molar-refractivity contribution in [3.63, 3.8) is 0 Å². The van der Waals surface area contributed by atoms with Gasteiger partial charge < -0.3 is 5.11 Å². The van der Waals surface area contributed by atoms with Crippen molar-refractivity contribution in [2.45, 2.75) is 5.92 Å². The Morgan fingerprint density at radius 3 is 2.00 bits per heavy atom. The van der Waals surface area contributed by atoms with Crippen LogP contribution in [0, 0.1) is 0 Å². The average Bonchev–Trinajstić information content (AvgIpc) is 2.34. The highest BCUT2D eigenvalue weighted by Crippen LogP contribution is 2.24. The summed E-state index contributed by atoms with van der Waals surface area (Å²) in [7, 11) is 0. The number of benzene rings is 2.